The van der Waals surface area contributed by atoms with E-state index in [2.05, 4.69) is 27.8 Å². The van der Waals surface area contributed by atoms with Gasteiger partial charge in [0, 0.05) is 42.0 Å². The van der Waals surface area contributed by atoms with E-state index in [9.17, 15) is 27.9 Å². The van der Waals surface area contributed by atoms with Crippen molar-refractivity contribution in [2.75, 3.05) is 63.0 Å². The Labute approximate surface area is 288 Å². The number of ether oxygens (including phenoxy) is 2. The van der Waals surface area contributed by atoms with Crippen molar-refractivity contribution in [2.45, 2.75) is 32.1 Å². The molecule has 50 heavy (non-hydrogen) atoms. The first kappa shape index (κ1) is 37.3. The molecule has 1 atom stereocenters. The second-order valence-electron chi connectivity index (χ2n) is 11.4. The molecule has 0 bridgehead atoms. The topological polar surface area (TPSA) is 143 Å². The number of nitrogen functional groups attached to an aromatic ring is 1. The number of rotatable bonds is 16. The van der Waals surface area contributed by atoms with Crippen LogP contribution in [0.2, 0.25) is 0 Å². The number of amides is 2. The van der Waals surface area contributed by atoms with Crippen molar-refractivity contribution < 1.29 is 37.3 Å². The number of fused-ring (bicyclic) bond motifs is 1. The summed E-state index contributed by atoms with van der Waals surface area (Å²) in [6, 6.07) is 16.3. The van der Waals surface area contributed by atoms with Gasteiger partial charge >= 0.3 is 6.18 Å². The lowest BCUT2D eigenvalue weighted by Gasteiger charge is -2.24. The van der Waals surface area contributed by atoms with Gasteiger partial charge in [0.05, 0.1) is 49.7 Å². The van der Waals surface area contributed by atoms with Gasteiger partial charge in [0.15, 0.2) is 0 Å². The minimum atomic E-state index is -4.45. The second-order valence-corrected chi connectivity index (χ2v) is 11.4. The summed E-state index contributed by atoms with van der Waals surface area (Å²) in [7, 11) is 3.41. The quantitative estimate of drug-likeness (QED) is 0.0510. The van der Waals surface area contributed by atoms with Gasteiger partial charge in [-0.25, -0.2) is 0 Å². The molecule has 14 heteroatoms. The van der Waals surface area contributed by atoms with E-state index >= 15 is 0 Å². The molecule has 4 aromatic rings. The molecule has 266 valence electrons. The molecule has 0 saturated heterocycles. The number of hydrogen-bond donors (Lipinski definition) is 5. The molecule has 1 aromatic heterocycles. The molecule has 2 amide bonds. The lowest BCUT2D eigenvalue weighted by Crippen LogP contribution is -2.34. The number of alkyl halides is 3. The smallest absolute Gasteiger partial charge is 0.406 e. The van der Waals surface area contributed by atoms with Crippen molar-refractivity contribution in [3.8, 4) is 23.3 Å². The second kappa shape index (κ2) is 17.2. The number of nitrogens with zero attached hydrogens (tertiary/aromatic N) is 2. The Morgan fingerprint density at radius 3 is 2.66 bits per heavy atom. The highest BCUT2D eigenvalue weighted by atomic mass is 19.4. The highest BCUT2D eigenvalue weighted by Gasteiger charge is 2.29. The normalized spacial score (nSPS) is 11.7. The molecule has 1 unspecified atom stereocenters. The molecule has 3 aromatic carbocycles. The van der Waals surface area contributed by atoms with Gasteiger partial charge in [-0.1, -0.05) is 18.1 Å². The summed E-state index contributed by atoms with van der Waals surface area (Å²) in [4.78, 5) is 25.9. The standard InChI is InChI=1S/C36H41F3N6O5/c1-4-44(2)33-20-28(12-10-24(33)17-26(21-46)43-23-47)50-16-15-42-35(48)25-11-13-34(49-3)31(18-25)41-14-6-7-27-19-29-30(40)8-5-9-32(29)45(27)22-36(37,38)39/h5,8-13,18-20,23,26,41,46H,4,14-17,21-22,40H2,1-3H3,(H,42,48)(H,43,47). The maximum atomic E-state index is 13.3. The Morgan fingerprint density at radius 1 is 1.16 bits per heavy atom. The monoisotopic (exact) mass is 694 g/mol. The van der Waals surface area contributed by atoms with Crippen LogP contribution in [0.25, 0.3) is 10.9 Å². The van der Waals surface area contributed by atoms with E-state index in [-0.39, 0.29) is 37.9 Å². The highest BCUT2D eigenvalue weighted by Crippen LogP contribution is 2.30. The van der Waals surface area contributed by atoms with Crippen molar-refractivity contribution in [2.24, 2.45) is 0 Å². The summed E-state index contributed by atoms with van der Waals surface area (Å²) in [6.45, 7) is 1.80. The predicted octanol–water partition coefficient (Wildman–Crippen LogP) is 4.17. The van der Waals surface area contributed by atoms with Gasteiger partial charge in [-0.05, 0) is 67.3 Å². The van der Waals surface area contributed by atoms with Crippen LogP contribution >= 0.6 is 0 Å². The number of benzene rings is 3. The van der Waals surface area contributed by atoms with Crippen molar-refractivity contribution >= 4 is 40.3 Å². The average molecular weight is 695 g/mol. The van der Waals surface area contributed by atoms with Crippen LogP contribution in [-0.2, 0) is 17.8 Å². The maximum Gasteiger partial charge on any atom is 0.406 e. The number of aliphatic hydroxyl groups is 1. The molecule has 0 fully saturated rings. The fraction of sp³-hybridized carbons (Fsp3) is 0.333. The van der Waals surface area contributed by atoms with Crippen LogP contribution in [0.3, 0.4) is 0 Å². The van der Waals surface area contributed by atoms with Gasteiger partial charge in [0.2, 0.25) is 6.41 Å². The van der Waals surface area contributed by atoms with Crippen LogP contribution in [-0.4, -0.2) is 81.2 Å². The zero-order valence-corrected chi connectivity index (χ0v) is 28.1. The van der Waals surface area contributed by atoms with E-state index in [1.807, 2.05) is 31.0 Å². The minimum absolute atomic E-state index is 0.0561. The number of hydrogen-bond acceptors (Lipinski definition) is 8. The zero-order valence-electron chi connectivity index (χ0n) is 28.1. The van der Waals surface area contributed by atoms with E-state index in [0.717, 1.165) is 22.4 Å². The number of nitrogens with one attached hydrogen (secondary N) is 3. The SMILES string of the molecule is CCN(C)c1cc(OCCNC(=O)c2ccc(OC)c(NCC#Cc3cc4c(N)cccc4n3CC(F)(F)F)c2)ccc1CC(CO)NC=O. The maximum absolute atomic E-state index is 13.3. The van der Waals surface area contributed by atoms with Gasteiger partial charge in [-0.3, -0.25) is 9.59 Å². The Balaban J connectivity index is 1.37. The van der Waals surface area contributed by atoms with Crippen molar-refractivity contribution in [3.05, 3.63) is 77.5 Å². The molecule has 0 saturated carbocycles. The minimum Gasteiger partial charge on any atom is -0.495 e. The fourth-order valence-corrected chi connectivity index (χ4v) is 5.33. The number of nitrogens with two attached hydrogens (primary N) is 1. The summed E-state index contributed by atoms with van der Waals surface area (Å²) in [5.41, 5.74) is 9.53. The first-order valence-corrected chi connectivity index (χ1v) is 15.9. The molecule has 11 nitrogen and oxygen atoms in total. The fourth-order valence-electron chi connectivity index (χ4n) is 5.33. The summed E-state index contributed by atoms with van der Waals surface area (Å²) < 4.78 is 52.4. The summed E-state index contributed by atoms with van der Waals surface area (Å²) in [5.74, 6) is 6.37. The predicted molar refractivity (Wildman–Crippen MR) is 188 cm³/mol. The number of aromatic nitrogens is 1. The van der Waals surface area contributed by atoms with E-state index in [1.165, 1.54) is 7.11 Å². The van der Waals surface area contributed by atoms with Crippen LogP contribution in [0.5, 0.6) is 11.5 Å². The summed E-state index contributed by atoms with van der Waals surface area (Å²) in [6.07, 6.45) is -3.44. The highest BCUT2D eigenvalue weighted by molar-refractivity contribution is 5.95. The van der Waals surface area contributed by atoms with E-state index in [0.29, 0.717) is 52.2 Å². The van der Waals surface area contributed by atoms with Gasteiger partial charge in [-0.2, -0.15) is 13.2 Å². The average Bonchev–Trinajstić information content (AvgIpc) is 3.44. The summed E-state index contributed by atoms with van der Waals surface area (Å²) >= 11 is 0. The van der Waals surface area contributed by atoms with Crippen LogP contribution in [0.4, 0.5) is 30.2 Å². The van der Waals surface area contributed by atoms with Gasteiger partial charge in [0.25, 0.3) is 5.91 Å². The Kier molecular flexibility index (Phi) is 12.8. The third kappa shape index (κ3) is 9.76. The number of carbonyl (C=O) groups is 2. The lowest BCUT2D eigenvalue weighted by molar-refractivity contribution is -0.140. The number of methoxy groups -OCH3 is 1. The van der Waals surface area contributed by atoms with Crippen molar-refractivity contribution in [1.29, 1.82) is 0 Å². The molecule has 0 aliphatic rings. The third-order valence-corrected chi connectivity index (χ3v) is 7.95. The molecule has 0 spiro atoms. The summed E-state index contributed by atoms with van der Waals surface area (Å²) in [5, 5.41) is 18.6. The van der Waals surface area contributed by atoms with E-state index < -0.39 is 18.8 Å². The molecule has 1 heterocycles. The molecule has 6 N–H and O–H groups in total. The van der Waals surface area contributed by atoms with Crippen molar-refractivity contribution in [1.82, 2.24) is 15.2 Å². The molecule has 0 radical (unpaired) electrons. The van der Waals surface area contributed by atoms with Gasteiger partial charge in [-0.15, -0.1) is 0 Å². The van der Waals surface area contributed by atoms with Crippen LogP contribution in [0, 0.1) is 11.8 Å². The first-order chi connectivity index (χ1) is 24.0. The Bertz CT molecular complexity index is 1850. The molecule has 0 aliphatic carbocycles. The van der Waals surface area contributed by atoms with Crippen LogP contribution in [0.15, 0.2) is 60.7 Å². The number of halogens is 3. The van der Waals surface area contributed by atoms with Gasteiger partial charge < -0.3 is 45.7 Å². The van der Waals surface area contributed by atoms with E-state index in [1.54, 1.807) is 48.5 Å². The largest absolute Gasteiger partial charge is 0.495 e. The Morgan fingerprint density at radius 2 is 1.96 bits per heavy atom. The van der Waals surface area contributed by atoms with Crippen LogP contribution < -0.4 is 36.1 Å². The molecule has 0 aliphatic heterocycles. The van der Waals surface area contributed by atoms with Gasteiger partial charge in [0.1, 0.15) is 24.7 Å². The number of anilines is 3. The van der Waals surface area contributed by atoms with Crippen LogP contribution in [0.1, 0.15) is 28.5 Å². The number of carbonyl (C=O) groups excluding carboxylic acids is 2. The van der Waals surface area contributed by atoms with Crippen molar-refractivity contribution in [3.63, 3.8) is 0 Å². The molecule has 4 rings (SSSR count). The molecular formula is C36H41F3N6O5. The Hall–Kier alpha value is -5.55. The van der Waals surface area contributed by atoms with E-state index in [4.69, 9.17) is 15.2 Å². The lowest BCUT2D eigenvalue weighted by atomic mass is 10.0. The first-order valence-electron chi connectivity index (χ1n) is 15.9. The number of aliphatic hydroxyl groups excluding tert-OH is 1. The molecular weight excluding hydrogens is 653 g/mol. The zero-order chi connectivity index (χ0) is 36.3. The third-order valence-electron chi connectivity index (χ3n) is 7.95.